The van der Waals surface area contributed by atoms with Gasteiger partial charge in [-0.15, -0.1) is 0 Å². The van der Waals surface area contributed by atoms with Crippen molar-refractivity contribution < 1.29 is 4.74 Å². The molecule has 10 aromatic carbocycles. The summed E-state index contributed by atoms with van der Waals surface area (Å²) < 4.78 is 10.0. The first kappa shape index (κ1) is 59.5. The molecule has 11 aromatic rings. The molecule has 0 spiro atoms. The van der Waals surface area contributed by atoms with E-state index in [1.165, 1.54) is 71.4 Å². The summed E-state index contributed by atoms with van der Waals surface area (Å²) >= 11 is 0. The fourth-order valence-electron chi connectivity index (χ4n) is 13.7. The third-order valence-electron chi connectivity index (χ3n) is 19.1. The van der Waals surface area contributed by atoms with Crippen molar-refractivity contribution in [3.63, 3.8) is 0 Å². The Labute approximate surface area is 531 Å². The molecule has 0 saturated carbocycles. The second-order valence-corrected chi connectivity index (χ2v) is 31.8. The SMILES string of the molecule is Cn1c2cc3ccccc3cc2c2cc(N(c3ccc(C(C)(C)C)cc3)c3ccc(C(C)(C)C)cc3)cc(N3c4ccc(C(C)(C)C)cc4B4c5cc(C(C)(C)C)ccc5Oc5cc(N(c6ccc(C(C)(C)C)cc6)c6ccc(C(C)(C)C)cc6)cc3c54)c21. The highest BCUT2D eigenvalue weighted by atomic mass is 16.5. The molecule has 0 unspecified atom stereocenters. The van der Waals surface area contributed by atoms with Crippen molar-refractivity contribution in [1.82, 2.24) is 4.57 Å². The van der Waals surface area contributed by atoms with E-state index >= 15 is 0 Å². The Morgan fingerprint density at radius 3 is 1.17 bits per heavy atom. The van der Waals surface area contributed by atoms with Gasteiger partial charge in [-0.3, -0.25) is 0 Å². The fourth-order valence-corrected chi connectivity index (χ4v) is 13.7. The maximum absolute atomic E-state index is 7.56. The number of aryl methyl sites for hydroxylation is 1. The van der Waals surface area contributed by atoms with Crippen molar-refractivity contribution in [2.75, 3.05) is 14.7 Å². The molecule has 0 aliphatic carbocycles. The average molecular weight is 1170 g/mol. The highest BCUT2D eigenvalue weighted by molar-refractivity contribution is 6.99. The Morgan fingerprint density at radius 2 is 0.719 bits per heavy atom. The molecule has 89 heavy (non-hydrogen) atoms. The Bertz CT molecular complexity index is 4450. The van der Waals surface area contributed by atoms with Crippen LogP contribution in [0.1, 0.15) is 158 Å². The fraction of sp³-hybridized carbons (Fsp3) is 0.301. The maximum Gasteiger partial charge on any atom is 0.256 e. The van der Waals surface area contributed by atoms with E-state index in [1.54, 1.807) is 0 Å². The van der Waals surface area contributed by atoms with Gasteiger partial charge in [0.1, 0.15) is 11.5 Å². The van der Waals surface area contributed by atoms with Crippen LogP contribution < -0.4 is 35.8 Å². The standard InChI is InChI=1S/C83H89BN4O/c1-78(2,3)54-24-34-60(35-25-54)86(61-36-26-55(27-37-61)79(4,5)6)64-48-67-66-44-52-22-20-21-23-53(52)45-71(66)85(19)77(67)73(50-64)88-70-42-32-58(82(13,14)15)46-68(70)84-69-47-59(83(16,17)18)33-43-74(69)89-75-51-65(49-72(88)76(75)84)87(62-38-28-56(29-39-62)80(7,8)9)63-40-30-57(31-41-63)81(10,11)12/h20-51H,1-19H3. The molecule has 0 atom stereocenters. The van der Waals surface area contributed by atoms with Gasteiger partial charge in [-0.1, -0.05) is 222 Å². The summed E-state index contributed by atoms with van der Waals surface area (Å²) in [6.45, 7) is 41.4. The topological polar surface area (TPSA) is 23.9 Å². The van der Waals surface area contributed by atoms with Crippen LogP contribution in [0, 0.1) is 0 Å². The van der Waals surface area contributed by atoms with Gasteiger partial charge in [-0.05, 0) is 184 Å². The summed E-state index contributed by atoms with van der Waals surface area (Å²) in [6.07, 6.45) is 0. The molecule has 0 N–H and O–H groups in total. The van der Waals surface area contributed by atoms with Crippen LogP contribution in [0.15, 0.2) is 194 Å². The lowest BCUT2D eigenvalue weighted by Crippen LogP contribution is -2.60. The molecule has 2 aliphatic heterocycles. The number of hydrogen-bond acceptors (Lipinski definition) is 4. The van der Waals surface area contributed by atoms with E-state index in [9.17, 15) is 0 Å². The Balaban J connectivity index is 1.17. The van der Waals surface area contributed by atoms with E-state index in [-0.39, 0.29) is 39.2 Å². The van der Waals surface area contributed by atoms with E-state index < -0.39 is 0 Å². The average Bonchev–Trinajstić information content (AvgIpc) is 1.58. The largest absolute Gasteiger partial charge is 0.458 e. The molecule has 2 aliphatic rings. The molecule has 13 rings (SSSR count). The third-order valence-corrected chi connectivity index (χ3v) is 19.1. The zero-order valence-electron chi connectivity index (χ0n) is 56.2. The van der Waals surface area contributed by atoms with Gasteiger partial charge in [0.05, 0.1) is 16.9 Å². The Hall–Kier alpha value is -8.48. The summed E-state index contributed by atoms with van der Waals surface area (Å²) in [5.74, 6) is 1.75. The summed E-state index contributed by atoms with van der Waals surface area (Å²) in [7, 11) is 2.27. The molecule has 1 aromatic heterocycles. The normalized spacial score (nSPS) is 13.6. The molecule has 6 heteroatoms. The molecular weight excluding hydrogens is 1080 g/mol. The van der Waals surface area contributed by atoms with Gasteiger partial charge in [0, 0.05) is 69.2 Å². The first-order valence-electron chi connectivity index (χ1n) is 32.2. The number of ether oxygens (including phenoxy) is 1. The quantitative estimate of drug-likeness (QED) is 0.148. The molecule has 450 valence electrons. The van der Waals surface area contributed by atoms with Crippen LogP contribution in [0.25, 0.3) is 32.6 Å². The smallest absolute Gasteiger partial charge is 0.256 e. The summed E-state index contributed by atoms with van der Waals surface area (Å²) in [4.78, 5) is 7.56. The lowest BCUT2D eigenvalue weighted by Gasteiger charge is -2.42. The summed E-state index contributed by atoms with van der Waals surface area (Å²) in [6, 6.07) is 74.8. The zero-order chi connectivity index (χ0) is 63.2. The number of nitrogens with zero attached hydrogens (tertiary/aromatic N) is 4. The lowest BCUT2D eigenvalue weighted by molar-refractivity contribution is 0.486. The maximum atomic E-state index is 7.56. The predicted molar refractivity (Wildman–Crippen MR) is 385 cm³/mol. The number of aromatic nitrogens is 1. The van der Waals surface area contributed by atoms with Crippen LogP contribution in [0.2, 0.25) is 0 Å². The van der Waals surface area contributed by atoms with Gasteiger partial charge in [0.2, 0.25) is 0 Å². The van der Waals surface area contributed by atoms with Crippen LogP contribution in [-0.2, 0) is 39.5 Å². The van der Waals surface area contributed by atoms with Crippen LogP contribution in [-0.4, -0.2) is 11.3 Å². The highest BCUT2D eigenvalue weighted by Crippen LogP contribution is 2.52. The van der Waals surface area contributed by atoms with Crippen molar-refractivity contribution in [1.29, 1.82) is 0 Å². The van der Waals surface area contributed by atoms with Crippen molar-refractivity contribution in [2.24, 2.45) is 7.05 Å². The minimum absolute atomic E-state index is 0.0184. The lowest BCUT2D eigenvalue weighted by atomic mass is 9.33. The van der Waals surface area contributed by atoms with Crippen molar-refractivity contribution in [3.8, 4) is 11.5 Å². The van der Waals surface area contributed by atoms with Gasteiger partial charge in [0.25, 0.3) is 6.71 Å². The van der Waals surface area contributed by atoms with Crippen LogP contribution in [0.5, 0.6) is 11.5 Å². The summed E-state index contributed by atoms with van der Waals surface area (Å²) in [5.41, 5.74) is 23.1. The van der Waals surface area contributed by atoms with E-state index in [1.807, 2.05) is 0 Å². The van der Waals surface area contributed by atoms with Crippen LogP contribution >= 0.6 is 0 Å². The van der Waals surface area contributed by atoms with E-state index in [4.69, 9.17) is 4.74 Å². The first-order chi connectivity index (χ1) is 41.8. The second-order valence-electron chi connectivity index (χ2n) is 31.8. The molecule has 0 saturated heterocycles. The van der Waals surface area contributed by atoms with Gasteiger partial charge in [-0.2, -0.15) is 0 Å². The second kappa shape index (κ2) is 20.8. The van der Waals surface area contributed by atoms with Crippen LogP contribution in [0.3, 0.4) is 0 Å². The predicted octanol–water partition coefficient (Wildman–Crippen LogP) is 21.6. The van der Waals surface area contributed by atoms with Crippen molar-refractivity contribution in [3.05, 3.63) is 228 Å². The molecule has 3 heterocycles. The highest BCUT2D eigenvalue weighted by Gasteiger charge is 2.44. The molecule has 5 nitrogen and oxygen atoms in total. The van der Waals surface area contributed by atoms with Gasteiger partial charge < -0.3 is 24.0 Å². The number of anilines is 9. The van der Waals surface area contributed by atoms with E-state index in [0.717, 1.165) is 73.7 Å². The van der Waals surface area contributed by atoms with E-state index in [2.05, 4.69) is 345 Å². The molecule has 0 fully saturated rings. The molecular formula is C83H89BN4O. The zero-order valence-corrected chi connectivity index (χ0v) is 56.2. The molecule has 0 bridgehead atoms. The first-order valence-corrected chi connectivity index (χ1v) is 32.2. The van der Waals surface area contributed by atoms with Gasteiger partial charge >= 0.3 is 0 Å². The van der Waals surface area contributed by atoms with E-state index in [0.29, 0.717) is 0 Å². The number of fused-ring (bicyclic) bond motifs is 8. The number of benzene rings is 10. The summed E-state index contributed by atoms with van der Waals surface area (Å²) in [5, 5.41) is 4.82. The molecule has 0 amide bonds. The number of rotatable bonds is 7. The van der Waals surface area contributed by atoms with Crippen LogP contribution in [0.4, 0.5) is 51.2 Å². The minimum Gasteiger partial charge on any atom is -0.458 e. The van der Waals surface area contributed by atoms with Gasteiger partial charge in [-0.25, -0.2) is 0 Å². The van der Waals surface area contributed by atoms with Crippen molar-refractivity contribution >= 4 is 107 Å². The Kier molecular flexibility index (Phi) is 13.9. The third kappa shape index (κ3) is 10.6. The molecule has 0 radical (unpaired) electrons. The monoisotopic (exact) mass is 1170 g/mol. The minimum atomic E-state index is -0.144. The van der Waals surface area contributed by atoms with Crippen molar-refractivity contribution in [2.45, 2.75) is 157 Å². The van der Waals surface area contributed by atoms with Gasteiger partial charge in [0.15, 0.2) is 0 Å². The Morgan fingerprint density at radius 1 is 0.326 bits per heavy atom. The number of hydrogen-bond donors (Lipinski definition) is 0.